The van der Waals surface area contributed by atoms with Crippen LogP contribution in [0, 0.1) is 6.92 Å². The molecule has 2 amide bonds. The predicted molar refractivity (Wildman–Crippen MR) is 119 cm³/mol. The van der Waals surface area contributed by atoms with Gasteiger partial charge in [-0.05, 0) is 43.0 Å². The molecule has 0 saturated heterocycles. The lowest BCUT2D eigenvalue weighted by Crippen LogP contribution is -2.48. The van der Waals surface area contributed by atoms with Gasteiger partial charge in [-0.2, -0.15) is 11.8 Å². The number of halogens is 1. The SMILES string of the molecule is CSCCC(NC(=O)c1cccc(C)c1)C(=O)NCC(N)c1ccccc1.Cl. The van der Waals surface area contributed by atoms with Crippen molar-refractivity contribution in [3.8, 4) is 0 Å². The number of nitrogens with two attached hydrogens (primary N) is 1. The summed E-state index contributed by atoms with van der Waals surface area (Å²) in [5.74, 6) is 0.320. The highest BCUT2D eigenvalue weighted by atomic mass is 35.5. The van der Waals surface area contributed by atoms with E-state index >= 15 is 0 Å². The Morgan fingerprint density at radius 1 is 1.11 bits per heavy atom. The number of hydrogen-bond acceptors (Lipinski definition) is 4. The third-order valence-electron chi connectivity index (χ3n) is 4.24. The van der Waals surface area contributed by atoms with Crippen LogP contribution < -0.4 is 16.4 Å². The van der Waals surface area contributed by atoms with Crippen LogP contribution in [0.4, 0.5) is 0 Å². The standard InChI is InChI=1S/C21H27N3O2S.ClH/c1-15-7-6-10-17(13-15)20(25)24-19(11-12-27-2)21(26)23-14-18(22)16-8-4-3-5-9-16;/h3-10,13,18-19H,11-12,14,22H2,1-2H3,(H,23,26)(H,24,25);1H. The highest BCUT2D eigenvalue weighted by Crippen LogP contribution is 2.09. The van der Waals surface area contributed by atoms with Gasteiger partial charge in [0.15, 0.2) is 0 Å². The lowest BCUT2D eigenvalue weighted by Gasteiger charge is -2.20. The molecule has 0 radical (unpaired) electrons. The van der Waals surface area contributed by atoms with E-state index in [1.165, 1.54) is 0 Å². The summed E-state index contributed by atoms with van der Waals surface area (Å²) in [6, 6.07) is 16.1. The van der Waals surface area contributed by atoms with Crippen LogP contribution in [-0.2, 0) is 4.79 Å². The number of hydrogen-bond donors (Lipinski definition) is 3. The molecule has 0 bridgehead atoms. The quantitative estimate of drug-likeness (QED) is 0.580. The number of thioether (sulfide) groups is 1. The number of rotatable bonds is 9. The van der Waals surface area contributed by atoms with Gasteiger partial charge in [-0.15, -0.1) is 12.4 Å². The minimum atomic E-state index is -0.589. The Morgan fingerprint density at radius 3 is 2.46 bits per heavy atom. The van der Waals surface area contributed by atoms with Crippen LogP contribution in [0.15, 0.2) is 54.6 Å². The van der Waals surface area contributed by atoms with Gasteiger partial charge in [0.2, 0.25) is 5.91 Å². The van der Waals surface area contributed by atoms with Crippen LogP contribution in [0.2, 0.25) is 0 Å². The van der Waals surface area contributed by atoms with E-state index < -0.39 is 6.04 Å². The molecule has 2 aromatic rings. The fourth-order valence-corrected chi connectivity index (χ4v) is 3.16. The molecule has 0 aliphatic rings. The minimum absolute atomic E-state index is 0. The van der Waals surface area contributed by atoms with Crippen LogP contribution in [0.1, 0.15) is 33.9 Å². The number of nitrogens with one attached hydrogen (secondary N) is 2. The number of carbonyl (C=O) groups excluding carboxylic acids is 2. The number of amides is 2. The summed E-state index contributed by atoms with van der Waals surface area (Å²) >= 11 is 1.64. The molecular weight excluding hydrogens is 394 g/mol. The molecule has 7 heteroatoms. The molecule has 2 atom stereocenters. The summed E-state index contributed by atoms with van der Waals surface area (Å²) in [4.78, 5) is 25.1. The van der Waals surface area contributed by atoms with Crippen molar-refractivity contribution >= 4 is 36.0 Å². The predicted octanol–water partition coefficient (Wildman–Crippen LogP) is 3.08. The topological polar surface area (TPSA) is 84.2 Å². The van der Waals surface area contributed by atoms with E-state index in [2.05, 4.69) is 10.6 Å². The maximum Gasteiger partial charge on any atom is 0.251 e. The molecule has 0 fully saturated rings. The van der Waals surface area contributed by atoms with Gasteiger partial charge in [0, 0.05) is 18.2 Å². The average molecular weight is 422 g/mol. The molecule has 28 heavy (non-hydrogen) atoms. The molecule has 0 aliphatic heterocycles. The molecule has 0 saturated carbocycles. The van der Waals surface area contributed by atoms with Crippen molar-refractivity contribution in [3.05, 3.63) is 71.3 Å². The van der Waals surface area contributed by atoms with Crippen molar-refractivity contribution in [1.29, 1.82) is 0 Å². The monoisotopic (exact) mass is 421 g/mol. The van der Waals surface area contributed by atoms with Crippen molar-refractivity contribution in [1.82, 2.24) is 10.6 Å². The van der Waals surface area contributed by atoms with E-state index in [0.717, 1.165) is 16.9 Å². The Morgan fingerprint density at radius 2 is 1.82 bits per heavy atom. The number of carbonyl (C=O) groups is 2. The zero-order chi connectivity index (χ0) is 19.6. The molecule has 152 valence electrons. The van der Waals surface area contributed by atoms with E-state index in [1.54, 1.807) is 17.8 Å². The summed E-state index contributed by atoms with van der Waals surface area (Å²) in [5.41, 5.74) is 8.66. The first-order chi connectivity index (χ1) is 13.0. The van der Waals surface area contributed by atoms with Gasteiger partial charge in [-0.3, -0.25) is 9.59 Å². The number of aryl methyl sites for hydroxylation is 1. The van der Waals surface area contributed by atoms with Gasteiger partial charge >= 0.3 is 0 Å². The molecule has 0 heterocycles. The van der Waals surface area contributed by atoms with E-state index in [1.807, 2.05) is 61.7 Å². The minimum Gasteiger partial charge on any atom is -0.352 e. The van der Waals surface area contributed by atoms with Crippen LogP contribution >= 0.6 is 24.2 Å². The van der Waals surface area contributed by atoms with E-state index in [0.29, 0.717) is 18.5 Å². The maximum absolute atomic E-state index is 12.6. The van der Waals surface area contributed by atoms with Gasteiger partial charge in [-0.1, -0.05) is 48.0 Å². The fraction of sp³-hybridized carbons (Fsp3) is 0.333. The van der Waals surface area contributed by atoms with Crippen LogP contribution in [0.3, 0.4) is 0 Å². The average Bonchev–Trinajstić information content (AvgIpc) is 2.69. The van der Waals surface area contributed by atoms with Crippen molar-refractivity contribution in [2.24, 2.45) is 5.73 Å². The van der Waals surface area contributed by atoms with Gasteiger partial charge in [0.25, 0.3) is 5.91 Å². The molecule has 2 rings (SSSR count). The summed E-state index contributed by atoms with van der Waals surface area (Å²) < 4.78 is 0. The van der Waals surface area contributed by atoms with Gasteiger partial charge in [0.1, 0.15) is 6.04 Å². The van der Waals surface area contributed by atoms with Gasteiger partial charge < -0.3 is 16.4 Å². The fourth-order valence-electron chi connectivity index (χ4n) is 2.68. The first-order valence-electron chi connectivity index (χ1n) is 8.96. The first-order valence-corrected chi connectivity index (χ1v) is 10.4. The lowest BCUT2D eigenvalue weighted by molar-refractivity contribution is -0.123. The third kappa shape index (κ3) is 7.54. The third-order valence-corrected chi connectivity index (χ3v) is 4.88. The van der Waals surface area contributed by atoms with Crippen LogP contribution in [0.5, 0.6) is 0 Å². The molecule has 2 aromatic carbocycles. The Hall–Kier alpha value is -2.02. The first kappa shape index (κ1) is 24.0. The highest BCUT2D eigenvalue weighted by Gasteiger charge is 2.21. The van der Waals surface area contributed by atoms with Crippen LogP contribution in [0.25, 0.3) is 0 Å². The molecule has 0 aliphatic carbocycles. The van der Waals surface area contributed by atoms with E-state index in [-0.39, 0.29) is 30.3 Å². The summed E-state index contributed by atoms with van der Waals surface area (Å²) in [6.45, 7) is 2.25. The second-order valence-electron chi connectivity index (χ2n) is 6.44. The Bertz CT molecular complexity index is 758. The molecular formula is C21H28ClN3O2S. The highest BCUT2D eigenvalue weighted by molar-refractivity contribution is 7.98. The van der Waals surface area contributed by atoms with Crippen molar-refractivity contribution in [3.63, 3.8) is 0 Å². The van der Waals surface area contributed by atoms with Gasteiger partial charge in [-0.25, -0.2) is 0 Å². The van der Waals surface area contributed by atoms with Crippen molar-refractivity contribution < 1.29 is 9.59 Å². The van der Waals surface area contributed by atoms with Crippen molar-refractivity contribution in [2.45, 2.75) is 25.4 Å². The summed E-state index contributed by atoms with van der Waals surface area (Å²) in [6.07, 6.45) is 2.54. The van der Waals surface area contributed by atoms with Gasteiger partial charge in [0.05, 0.1) is 0 Å². The lowest BCUT2D eigenvalue weighted by atomic mass is 10.1. The summed E-state index contributed by atoms with van der Waals surface area (Å²) in [5, 5.41) is 5.72. The maximum atomic E-state index is 12.6. The number of benzene rings is 2. The Balaban J connectivity index is 0.00000392. The second kappa shape index (κ2) is 12.4. The molecule has 5 nitrogen and oxygen atoms in total. The molecule has 4 N–H and O–H groups in total. The summed E-state index contributed by atoms with van der Waals surface area (Å²) in [7, 11) is 0. The van der Waals surface area contributed by atoms with E-state index in [4.69, 9.17) is 5.73 Å². The molecule has 2 unspecified atom stereocenters. The van der Waals surface area contributed by atoms with E-state index in [9.17, 15) is 9.59 Å². The van der Waals surface area contributed by atoms with Crippen LogP contribution in [-0.4, -0.2) is 36.4 Å². The normalized spacial score (nSPS) is 12.4. The smallest absolute Gasteiger partial charge is 0.251 e. The molecule has 0 aromatic heterocycles. The Kier molecular flexibility index (Phi) is 10.7. The Labute approximate surface area is 177 Å². The largest absolute Gasteiger partial charge is 0.352 e. The zero-order valence-corrected chi connectivity index (χ0v) is 17.8. The second-order valence-corrected chi connectivity index (χ2v) is 7.42. The zero-order valence-electron chi connectivity index (χ0n) is 16.2. The van der Waals surface area contributed by atoms with Crippen molar-refractivity contribution in [2.75, 3.05) is 18.6 Å². The molecule has 0 spiro atoms.